The number of benzene rings is 1. The Morgan fingerprint density at radius 3 is 2.53 bits per heavy atom. The van der Waals surface area contributed by atoms with Crippen molar-refractivity contribution in [3.05, 3.63) is 29.3 Å². The first-order valence-corrected chi connectivity index (χ1v) is 6.90. The van der Waals surface area contributed by atoms with Crippen LogP contribution in [0.15, 0.2) is 23.1 Å². The maximum atomic E-state index is 11.8. The molecular weight excluding hydrogens is 232 g/mol. The second-order valence-electron chi connectivity index (χ2n) is 5.01. The molecule has 0 amide bonds. The average Bonchev–Trinajstić information content (AvgIpc) is 2.18. The zero-order valence-electron chi connectivity index (χ0n) is 11.2. The number of hydrogen-bond acceptors (Lipinski definition) is 3. The molecule has 0 aliphatic rings. The first-order chi connectivity index (χ1) is 7.83. The molecule has 0 aliphatic carbocycles. The molecule has 0 aromatic heterocycles. The first kappa shape index (κ1) is 14.1. The van der Waals surface area contributed by atoms with E-state index in [4.69, 9.17) is 4.74 Å². The zero-order valence-corrected chi connectivity index (χ0v) is 12.0. The van der Waals surface area contributed by atoms with Crippen molar-refractivity contribution in [2.24, 2.45) is 0 Å². The van der Waals surface area contributed by atoms with Crippen LogP contribution in [-0.4, -0.2) is 17.8 Å². The maximum Gasteiger partial charge on any atom is 0.310 e. The minimum Gasteiger partial charge on any atom is -0.460 e. The molecule has 0 atom stereocenters. The van der Waals surface area contributed by atoms with Crippen molar-refractivity contribution in [3.8, 4) is 0 Å². The summed E-state index contributed by atoms with van der Waals surface area (Å²) in [5, 5.41) is 0. The molecule has 0 fully saturated rings. The van der Waals surface area contributed by atoms with Gasteiger partial charge in [0.1, 0.15) is 5.60 Å². The van der Waals surface area contributed by atoms with Crippen LogP contribution in [0.2, 0.25) is 0 Å². The maximum absolute atomic E-state index is 11.8. The van der Waals surface area contributed by atoms with Gasteiger partial charge in [-0.25, -0.2) is 0 Å². The molecule has 1 aromatic carbocycles. The van der Waals surface area contributed by atoms with Crippen LogP contribution in [-0.2, 0) is 16.0 Å². The van der Waals surface area contributed by atoms with Crippen LogP contribution in [0.5, 0.6) is 0 Å². The van der Waals surface area contributed by atoms with E-state index >= 15 is 0 Å². The summed E-state index contributed by atoms with van der Waals surface area (Å²) in [6.07, 6.45) is 2.39. The van der Waals surface area contributed by atoms with Gasteiger partial charge in [0.15, 0.2) is 0 Å². The van der Waals surface area contributed by atoms with Crippen LogP contribution in [0.4, 0.5) is 0 Å². The summed E-state index contributed by atoms with van der Waals surface area (Å²) in [7, 11) is 0. The molecule has 0 aliphatic heterocycles. The van der Waals surface area contributed by atoms with Crippen LogP contribution in [0.1, 0.15) is 31.9 Å². The molecule has 0 spiro atoms. The predicted molar refractivity (Wildman–Crippen MR) is 72.5 cm³/mol. The van der Waals surface area contributed by atoms with Gasteiger partial charge in [0.05, 0.1) is 6.42 Å². The highest BCUT2D eigenvalue weighted by Crippen LogP contribution is 2.23. The SMILES string of the molecule is CSc1cccc(CC(=O)OC(C)(C)C)c1C. The molecule has 94 valence electrons. The smallest absolute Gasteiger partial charge is 0.310 e. The van der Waals surface area contributed by atoms with Crippen molar-refractivity contribution in [2.75, 3.05) is 6.26 Å². The summed E-state index contributed by atoms with van der Waals surface area (Å²) in [6, 6.07) is 6.04. The van der Waals surface area contributed by atoms with E-state index in [-0.39, 0.29) is 5.97 Å². The summed E-state index contributed by atoms with van der Waals surface area (Å²) in [5.41, 5.74) is 1.80. The molecule has 0 saturated carbocycles. The van der Waals surface area contributed by atoms with Gasteiger partial charge in [-0.05, 0) is 51.1 Å². The Bertz CT molecular complexity index is 405. The van der Waals surface area contributed by atoms with Crippen molar-refractivity contribution in [1.29, 1.82) is 0 Å². The molecule has 3 heteroatoms. The lowest BCUT2D eigenvalue weighted by atomic mass is 10.1. The Hall–Kier alpha value is -0.960. The molecule has 0 saturated heterocycles. The van der Waals surface area contributed by atoms with Gasteiger partial charge in [-0.2, -0.15) is 0 Å². The van der Waals surface area contributed by atoms with E-state index in [1.165, 1.54) is 10.5 Å². The monoisotopic (exact) mass is 252 g/mol. The van der Waals surface area contributed by atoms with E-state index in [1.54, 1.807) is 11.8 Å². The quantitative estimate of drug-likeness (QED) is 0.607. The molecule has 0 heterocycles. The van der Waals surface area contributed by atoms with E-state index in [1.807, 2.05) is 46.1 Å². The lowest BCUT2D eigenvalue weighted by Gasteiger charge is -2.20. The minimum absolute atomic E-state index is 0.168. The molecule has 0 N–H and O–H groups in total. The van der Waals surface area contributed by atoms with Gasteiger partial charge in [-0.3, -0.25) is 4.79 Å². The average molecular weight is 252 g/mol. The highest BCUT2D eigenvalue weighted by molar-refractivity contribution is 7.98. The van der Waals surface area contributed by atoms with Gasteiger partial charge in [0.25, 0.3) is 0 Å². The molecule has 0 bridgehead atoms. The highest BCUT2D eigenvalue weighted by atomic mass is 32.2. The fourth-order valence-electron chi connectivity index (χ4n) is 1.61. The largest absolute Gasteiger partial charge is 0.460 e. The van der Waals surface area contributed by atoms with Crippen molar-refractivity contribution >= 4 is 17.7 Å². The van der Waals surface area contributed by atoms with E-state index in [2.05, 4.69) is 6.07 Å². The Morgan fingerprint density at radius 1 is 1.35 bits per heavy atom. The lowest BCUT2D eigenvalue weighted by molar-refractivity contribution is -0.153. The number of ether oxygens (including phenoxy) is 1. The molecular formula is C14H20O2S. The summed E-state index contributed by atoms with van der Waals surface area (Å²) < 4.78 is 5.32. The minimum atomic E-state index is -0.415. The third kappa shape index (κ3) is 4.43. The second kappa shape index (κ2) is 5.58. The van der Waals surface area contributed by atoms with Gasteiger partial charge in [0.2, 0.25) is 0 Å². The van der Waals surface area contributed by atoms with Gasteiger partial charge in [-0.15, -0.1) is 11.8 Å². The molecule has 1 aromatic rings. The molecule has 17 heavy (non-hydrogen) atoms. The summed E-state index contributed by atoms with van der Waals surface area (Å²) in [6.45, 7) is 7.70. The summed E-state index contributed by atoms with van der Waals surface area (Å²) >= 11 is 1.70. The van der Waals surface area contributed by atoms with Gasteiger partial charge < -0.3 is 4.74 Å². The Morgan fingerprint density at radius 2 is 2.00 bits per heavy atom. The molecule has 1 rings (SSSR count). The third-order valence-electron chi connectivity index (χ3n) is 2.37. The third-order valence-corrected chi connectivity index (χ3v) is 3.25. The highest BCUT2D eigenvalue weighted by Gasteiger charge is 2.17. The first-order valence-electron chi connectivity index (χ1n) is 5.68. The van der Waals surface area contributed by atoms with Crippen LogP contribution in [0.25, 0.3) is 0 Å². The Balaban J connectivity index is 2.79. The summed E-state index contributed by atoms with van der Waals surface area (Å²) in [4.78, 5) is 13.0. The number of esters is 1. The molecule has 2 nitrogen and oxygen atoms in total. The van der Waals surface area contributed by atoms with Crippen LogP contribution in [0, 0.1) is 6.92 Å². The fourth-order valence-corrected chi connectivity index (χ4v) is 2.26. The van der Waals surface area contributed by atoms with E-state index in [0.717, 1.165) is 5.56 Å². The van der Waals surface area contributed by atoms with Crippen molar-refractivity contribution in [1.82, 2.24) is 0 Å². The zero-order chi connectivity index (χ0) is 13.1. The number of carbonyl (C=O) groups is 1. The number of thioether (sulfide) groups is 1. The van der Waals surface area contributed by atoms with Crippen LogP contribution < -0.4 is 0 Å². The van der Waals surface area contributed by atoms with E-state index in [0.29, 0.717) is 6.42 Å². The van der Waals surface area contributed by atoms with Gasteiger partial charge >= 0.3 is 5.97 Å². The summed E-state index contributed by atoms with van der Waals surface area (Å²) in [5.74, 6) is -0.168. The Kier molecular flexibility index (Phi) is 4.63. The van der Waals surface area contributed by atoms with Gasteiger partial charge in [0, 0.05) is 4.90 Å². The predicted octanol–water partition coefficient (Wildman–Crippen LogP) is 3.60. The number of carbonyl (C=O) groups excluding carboxylic acids is 1. The van der Waals surface area contributed by atoms with Crippen molar-refractivity contribution in [3.63, 3.8) is 0 Å². The second-order valence-corrected chi connectivity index (χ2v) is 5.86. The topological polar surface area (TPSA) is 26.3 Å². The van der Waals surface area contributed by atoms with Gasteiger partial charge in [-0.1, -0.05) is 12.1 Å². The van der Waals surface area contributed by atoms with Crippen LogP contribution >= 0.6 is 11.8 Å². The lowest BCUT2D eigenvalue weighted by Crippen LogP contribution is -2.25. The van der Waals surface area contributed by atoms with E-state index < -0.39 is 5.60 Å². The fraction of sp³-hybridized carbons (Fsp3) is 0.500. The molecule has 0 unspecified atom stereocenters. The molecule has 0 radical (unpaired) electrons. The number of hydrogen-bond donors (Lipinski definition) is 0. The van der Waals surface area contributed by atoms with Crippen LogP contribution in [0.3, 0.4) is 0 Å². The van der Waals surface area contributed by atoms with Crippen molar-refractivity contribution < 1.29 is 9.53 Å². The normalized spacial score (nSPS) is 11.4. The Labute approximate surface area is 108 Å². The number of rotatable bonds is 3. The van der Waals surface area contributed by atoms with E-state index in [9.17, 15) is 4.79 Å². The van der Waals surface area contributed by atoms with Crippen molar-refractivity contribution in [2.45, 2.75) is 44.6 Å². The standard InChI is InChI=1S/C14H20O2S/c1-10-11(7-6-8-12(10)17-5)9-13(15)16-14(2,3)4/h6-8H,9H2,1-5H3.